The van der Waals surface area contributed by atoms with Gasteiger partial charge < -0.3 is 9.80 Å². The van der Waals surface area contributed by atoms with Crippen LogP contribution in [0.15, 0.2) is 0 Å². The number of likely N-dealkylation sites (N-methyl/N-ethyl adjacent to an activating group) is 2. The lowest BCUT2D eigenvalue weighted by Gasteiger charge is -2.27. The summed E-state index contributed by atoms with van der Waals surface area (Å²) in [5.41, 5.74) is 0. The molecular weight excluding hydrogens is 242 g/mol. The van der Waals surface area contributed by atoms with Crippen LogP contribution in [0.4, 0.5) is 0 Å². The van der Waals surface area contributed by atoms with Gasteiger partial charge in [-0.1, -0.05) is 19.3 Å². The standard InChI is InChI=1S/C14H27N3O2/c1-15(2)13(18)11-16(3)12-14(19)17-9-7-5-4-6-8-10-17/h4-12H2,1-3H3. The lowest BCUT2D eigenvalue weighted by atomic mass is 10.1. The average Bonchev–Trinajstić information content (AvgIpc) is 2.27. The Morgan fingerprint density at radius 2 is 1.42 bits per heavy atom. The molecule has 0 aromatic carbocycles. The second-order valence-electron chi connectivity index (χ2n) is 5.61. The third-order valence-corrected chi connectivity index (χ3v) is 3.52. The molecule has 0 aliphatic carbocycles. The minimum absolute atomic E-state index is 0.0305. The summed E-state index contributed by atoms with van der Waals surface area (Å²) in [6.45, 7) is 2.37. The van der Waals surface area contributed by atoms with Crippen molar-refractivity contribution in [3.63, 3.8) is 0 Å². The van der Waals surface area contributed by atoms with Crippen molar-refractivity contribution in [3.8, 4) is 0 Å². The summed E-state index contributed by atoms with van der Waals surface area (Å²) >= 11 is 0. The SMILES string of the molecule is CN(CC(=O)N(C)C)CC(=O)N1CCCCCCC1. The van der Waals surface area contributed by atoms with Gasteiger partial charge >= 0.3 is 0 Å². The number of amides is 2. The first-order valence-electron chi connectivity index (χ1n) is 7.17. The molecule has 1 fully saturated rings. The normalized spacial score (nSPS) is 16.9. The van der Waals surface area contributed by atoms with Crippen LogP contribution in [-0.4, -0.2) is 73.8 Å². The highest BCUT2D eigenvalue weighted by Gasteiger charge is 2.18. The molecule has 0 aromatic heterocycles. The first-order chi connectivity index (χ1) is 9.00. The monoisotopic (exact) mass is 269 g/mol. The average molecular weight is 269 g/mol. The van der Waals surface area contributed by atoms with Crippen LogP contribution in [0.3, 0.4) is 0 Å². The van der Waals surface area contributed by atoms with Crippen molar-refractivity contribution in [1.29, 1.82) is 0 Å². The maximum absolute atomic E-state index is 12.2. The summed E-state index contributed by atoms with van der Waals surface area (Å²) < 4.78 is 0. The van der Waals surface area contributed by atoms with E-state index >= 15 is 0 Å². The van der Waals surface area contributed by atoms with Crippen molar-refractivity contribution in [1.82, 2.24) is 14.7 Å². The molecule has 0 aromatic rings. The van der Waals surface area contributed by atoms with Crippen LogP contribution in [-0.2, 0) is 9.59 Å². The second-order valence-corrected chi connectivity index (χ2v) is 5.61. The van der Waals surface area contributed by atoms with Crippen LogP contribution in [0, 0.1) is 0 Å². The zero-order valence-corrected chi connectivity index (χ0v) is 12.5. The predicted molar refractivity (Wildman–Crippen MR) is 75.9 cm³/mol. The summed E-state index contributed by atoms with van der Waals surface area (Å²) in [6.07, 6.45) is 5.94. The van der Waals surface area contributed by atoms with Crippen LogP contribution >= 0.6 is 0 Å². The van der Waals surface area contributed by atoms with Gasteiger partial charge in [-0.3, -0.25) is 14.5 Å². The largest absolute Gasteiger partial charge is 0.348 e. The molecule has 0 atom stereocenters. The summed E-state index contributed by atoms with van der Waals surface area (Å²) in [5, 5.41) is 0. The van der Waals surface area contributed by atoms with Crippen molar-refractivity contribution in [3.05, 3.63) is 0 Å². The molecule has 19 heavy (non-hydrogen) atoms. The van der Waals surface area contributed by atoms with Crippen LogP contribution in [0.25, 0.3) is 0 Å². The van der Waals surface area contributed by atoms with E-state index in [-0.39, 0.29) is 11.8 Å². The van der Waals surface area contributed by atoms with Gasteiger partial charge in [0, 0.05) is 27.2 Å². The van der Waals surface area contributed by atoms with E-state index in [2.05, 4.69) is 0 Å². The highest BCUT2D eigenvalue weighted by molar-refractivity contribution is 5.81. The van der Waals surface area contributed by atoms with E-state index in [1.54, 1.807) is 23.9 Å². The number of likely N-dealkylation sites (tertiary alicyclic amines) is 1. The van der Waals surface area contributed by atoms with Gasteiger partial charge in [-0.25, -0.2) is 0 Å². The van der Waals surface area contributed by atoms with Gasteiger partial charge in [0.25, 0.3) is 0 Å². The molecule has 0 bridgehead atoms. The predicted octanol–water partition coefficient (Wildman–Crippen LogP) is 0.799. The van der Waals surface area contributed by atoms with Gasteiger partial charge in [-0.2, -0.15) is 0 Å². The number of hydrogen-bond donors (Lipinski definition) is 0. The van der Waals surface area contributed by atoms with Crippen LogP contribution in [0.2, 0.25) is 0 Å². The Kier molecular flexibility index (Phi) is 6.84. The highest BCUT2D eigenvalue weighted by Crippen LogP contribution is 2.10. The Bertz CT molecular complexity index is 297. The fourth-order valence-electron chi connectivity index (χ4n) is 2.26. The van der Waals surface area contributed by atoms with E-state index < -0.39 is 0 Å². The number of rotatable bonds is 4. The van der Waals surface area contributed by atoms with Gasteiger partial charge in [0.05, 0.1) is 13.1 Å². The molecule has 0 saturated carbocycles. The Labute approximate surface area is 116 Å². The molecule has 0 unspecified atom stereocenters. The molecule has 1 aliphatic heterocycles. The summed E-state index contributed by atoms with van der Waals surface area (Å²) in [5.74, 6) is 0.180. The molecule has 0 N–H and O–H groups in total. The molecular formula is C14H27N3O2. The van der Waals surface area contributed by atoms with Gasteiger partial charge in [-0.15, -0.1) is 0 Å². The fourth-order valence-corrected chi connectivity index (χ4v) is 2.26. The molecule has 1 saturated heterocycles. The number of hydrogen-bond acceptors (Lipinski definition) is 3. The van der Waals surface area contributed by atoms with Crippen LogP contribution in [0.5, 0.6) is 0 Å². The molecule has 5 nitrogen and oxygen atoms in total. The van der Waals surface area contributed by atoms with E-state index in [4.69, 9.17) is 0 Å². The van der Waals surface area contributed by atoms with E-state index in [1.807, 2.05) is 11.9 Å². The molecule has 2 amide bonds. The van der Waals surface area contributed by atoms with Gasteiger partial charge in [0.15, 0.2) is 0 Å². The third-order valence-electron chi connectivity index (χ3n) is 3.52. The Morgan fingerprint density at radius 1 is 0.895 bits per heavy atom. The van der Waals surface area contributed by atoms with Crippen molar-refractivity contribution in [2.45, 2.75) is 32.1 Å². The Hall–Kier alpha value is -1.10. The van der Waals surface area contributed by atoms with E-state index in [9.17, 15) is 9.59 Å². The Morgan fingerprint density at radius 3 is 1.95 bits per heavy atom. The maximum atomic E-state index is 12.2. The van der Waals surface area contributed by atoms with E-state index in [0.29, 0.717) is 13.1 Å². The summed E-state index contributed by atoms with van der Waals surface area (Å²) in [7, 11) is 5.29. The topological polar surface area (TPSA) is 43.9 Å². The quantitative estimate of drug-likeness (QED) is 0.758. The van der Waals surface area contributed by atoms with Crippen molar-refractivity contribution in [2.24, 2.45) is 0 Å². The van der Waals surface area contributed by atoms with E-state index in [0.717, 1.165) is 25.9 Å². The van der Waals surface area contributed by atoms with Crippen LogP contribution in [0.1, 0.15) is 32.1 Å². The molecule has 5 heteroatoms. The number of carbonyl (C=O) groups excluding carboxylic acids is 2. The minimum Gasteiger partial charge on any atom is -0.348 e. The summed E-state index contributed by atoms with van der Waals surface area (Å²) in [4.78, 5) is 29.1. The lowest BCUT2D eigenvalue weighted by molar-refractivity contribution is -0.134. The molecule has 0 radical (unpaired) electrons. The fraction of sp³-hybridized carbons (Fsp3) is 0.857. The lowest BCUT2D eigenvalue weighted by Crippen LogP contribution is -2.43. The van der Waals surface area contributed by atoms with Crippen LogP contribution < -0.4 is 0 Å². The van der Waals surface area contributed by atoms with Crippen molar-refractivity contribution in [2.75, 3.05) is 47.3 Å². The summed E-state index contributed by atoms with van der Waals surface area (Å²) in [6, 6.07) is 0. The van der Waals surface area contributed by atoms with Gasteiger partial charge in [0.2, 0.25) is 11.8 Å². The van der Waals surface area contributed by atoms with Crippen molar-refractivity contribution < 1.29 is 9.59 Å². The number of carbonyl (C=O) groups is 2. The number of nitrogens with zero attached hydrogens (tertiary/aromatic N) is 3. The first kappa shape index (κ1) is 16.0. The molecule has 1 rings (SSSR count). The zero-order chi connectivity index (χ0) is 14.3. The third kappa shape index (κ3) is 6.05. The Balaban J connectivity index is 2.37. The molecule has 0 spiro atoms. The molecule has 1 heterocycles. The highest BCUT2D eigenvalue weighted by atomic mass is 16.2. The zero-order valence-electron chi connectivity index (χ0n) is 12.5. The van der Waals surface area contributed by atoms with Gasteiger partial charge in [-0.05, 0) is 19.9 Å². The van der Waals surface area contributed by atoms with Gasteiger partial charge in [0.1, 0.15) is 0 Å². The van der Waals surface area contributed by atoms with Crippen molar-refractivity contribution >= 4 is 11.8 Å². The second kappa shape index (κ2) is 8.15. The maximum Gasteiger partial charge on any atom is 0.236 e. The molecule has 1 aliphatic rings. The smallest absolute Gasteiger partial charge is 0.236 e. The van der Waals surface area contributed by atoms with E-state index in [1.165, 1.54) is 19.3 Å². The minimum atomic E-state index is 0.0305. The first-order valence-corrected chi connectivity index (χ1v) is 7.17. The molecule has 110 valence electrons.